The fourth-order valence-corrected chi connectivity index (χ4v) is 14.1. The van der Waals surface area contributed by atoms with Crippen molar-refractivity contribution in [2.75, 3.05) is 11.0 Å². The van der Waals surface area contributed by atoms with E-state index in [-0.39, 0.29) is 27.4 Å². The smallest absolute Gasteiger partial charge is 0.261 e. The second kappa shape index (κ2) is 10.9. The van der Waals surface area contributed by atoms with Crippen molar-refractivity contribution in [3.05, 3.63) is 84.4 Å². The Morgan fingerprint density at radius 2 is 1.63 bits per heavy atom. The zero-order chi connectivity index (χ0) is 29.0. The van der Waals surface area contributed by atoms with Crippen molar-refractivity contribution in [3.8, 4) is 0 Å². The molecule has 0 aliphatic carbocycles. The summed E-state index contributed by atoms with van der Waals surface area (Å²) in [6.45, 7) is 11.5. The van der Waals surface area contributed by atoms with Gasteiger partial charge in [0.05, 0.1) is 16.7 Å². The molecule has 4 atom stereocenters. The maximum absolute atomic E-state index is 7.51. The third-order valence-corrected chi connectivity index (χ3v) is 17.1. The van der Waals surface area contributed by atoms with Crippen molar-refractivity contribution in [2.24, 2.45) is 0 Å². The summed E-state index contributed by atoms with van der Waals surface area (Å²) in [6.07, 6.45) is 3.21. The van der Waals surface area contributed by atoms with Crippen molar-refractivity contribution in [1.29, 1.82) is 0 Å². The average molecular weight is 720 g/mol. The van der Waals surface area contributed by atoms with Gasteiger partial charge in [-0.2, -0.15) is 0 Å². The number of rotatable bonds is 7. The number of nitrogens with zero attached hydrogens (tertiary/aromatic N) is 3. The van der Waals surface area contributed by atoms with E-state index in [9.17, 15) is 0 Å². The molecule has 10 heteroatoms. The third-order valence-electron chi connectivity index (χ3n) is 8.19. The molecule has 0 amide bonds. The van der Waals surface area contributed by atoms with Crippen LogP contribution in [0.1, 0.15) is 40.0 Å². The highest BCUT2D eigenvalue weighted by molar-refractivity contribution is 14.1. The highest BCUT2D eigenvalue weighted by Gasteiger charge is 2.64. The highest BCUT2D eigenvalue weighted by atomic mass is 127. The summed E-state index contributed by atoms with van der Waals surface area (Å²) < 4.78 is 23.5. The van der Waals surface area contributed by atoms with Crippen LogP contribution >= 0.6 is 46.0 Å². The molecule has 0 spiro atoms. The van der Waals surface area contributed by atoms with Crippen LogP contribution in [0.15, 0.2) is 79.3 Å². The maximum Gasteiger partial charge on any atom is 0.261 e. The first-order chi connectivity index (χ1) is 19.5. The SMILES string of the molecule is CC1(C)O[C@H]2[C@H](n3ccc4c(Cl)ncnc43)SC(CI)(CO[Si](c3ccccc3)(c3ccccc3)C(C)(C)C)[C@H]2O1. The number of alkyl halides is 1. The van der Waals surface area contributed by atoms with E-state index in [4.69, 9.17) is 25.5 Å². The summed E-state index contributed by atoms with van der Waals surface area (Å²) >= 11 is 10.8. The number of benzene rings is 2. The molecule has 2 saturated heterocycles. The van der Waals surface area contributed by atoms with Crippen LogP contribution in [0.5, 0.6) is 0 Å². The van der Waals surface area contributed by atoms with Gasteiger partial charge in [-0.3, -0.25) is 0 Å². The largest absolute Gasteiger partial charge is 0.406 e. The number of hydrogen-bond acceptors (Lipinski definition) is 6. The molecule has 2 aliphatic rings. The lowest BCUT2D eigenvalue weighted by atomic mass is 10.0. The van der Waals surface area contributed by atoms with Crippen LogP contribution in [0.3, 0.4) is 0 Å². The number of fused-ring (bicyclic) bond motifs is 2. The molecular weight excluding hydrogens is 685 g/mol. The molecule has 0 N–H and O–H groups in total. The Hall–Kier alpha value is -1.47. The van der Waals surface area contributed by atoms with Gasteiger partial charge >= 0.3 is 0 Å². The van der Waals surface area contributed by atoms with E-state index in [0.717, 1.165) is 15.5 Å². The van der Waals surface area contributed by atoms with Crippen molar-refractivity contribution in [2.45, 2.75) is 67.8 Å². The predicted octanol–water partition coefficient (Wildman–Crippen LogP) is 6.60. The molecule has 4 heterocycles. The zero-order valence-electron chi connectivity index (χ0n) is 23.9. The number of hydrogen-bond donors (Lipinski definition) is 0. The van der Waals surface area contributed by atoms with E-state index in [1.165, 1.54) is 16.7 Å². The van der Waals surface area contributed by atoms with Gasteiger partial charge in [0.25, 0.3) is 8.32 Å². The molecule has 216 valence electrons. The molecule has 41 heavy (non-hydrogen) atoms. The summed E-state index contributed by atoms with van der Waals surface area (Å²) in [4.78, 5) is 8.78. The number of thioether (sulfide) groups is 1. The molecule has 0 radical (unpaired) electrons. The Balaban J connectivity index is 1.44. The van der Waals surface area contributed by atoms with E-state index < -0.39 is 14.1 Å². The van der Waals surface area contributed by atoms with Gasteiger partial charge in [-0.05, 0) is 35.3 Å². The first-order valence-electron chi connectivity index (χ1n) is 13.8. The van der Waals surface area contributed by atoms with Crippen LogP contribution < -0.4 is 10.4 Å². The fraction of sp³-hybridized carbons (Fsp3) is 0.419. The van der Waals surface area contributed by atoms with Gasteiger partial charge in [-0.15, -0.1) is 11.8 Å². The minimum absolute atomic E-state index is 0.0669. The molecule has 0 bridgehead atoms. The summed E-state index contributed by atoms with van der Waals surface area (Å²) in [5, 5.41) is 3.63. The van der Waals surface area contributed by atoms with Gasteiger partial charge < -0.3 is 18.5 Å². The van der Waals surface area contributed by atoms with Crippen molar-refractivity contribution in [3.63, 3.8) is 0 Å². The van der Waals surface area contributed by atoms with Crippen LogP contribution in [-0.4, -0.2) is 56.6 Å². The second-order valence-corrected chi connectivity index (χ2v) is 19.3. The Morgan fingerprint density at radius 1 is 1.00 bits per heavy atom. The highest BCUT2D eigenvalue weighted by Crippen LogP contribution is 2.58. The predicted molar refractivity (Wildman–Crippen MR) is 178 cm³/mol. The molecule has 2 fully saturated rings. The lowest BCUT2D eigenvalue weighted by Crippen LogP contribution is -2.68. The van der Waals surface area contributed by atoms with E-state index in [1.54, 1.807) is 0 Å². The van der Waals surface area contributed by atoms with Gasteiger partial charge in [0.15, 0.2) is 5.79 Å². The summed E-state index contributed by atoms with van der Waals surface area (Å²) in [7, 11) is -2.76. The molecule has 6 rings (SSSR count). The normalized spacial score (nSPS) is 26.0. The van der Waals surface area contributed by atoms with Crippen molar-refractivity contribution < 1.29 is 13.9 Å². The lowest BCUT2D eigenvalue weighted by Gasteiger charge is -2.45. The maximum atomic E-state index is 7.51. The van der Waals surface area contributed by atoms with E-state index >= 15 is 0 Å². The van der Waals surface area contributed by atoms with E-state index in [2.05, 4.69) is 119 Å². The van der Waals surface area contributed by atoms with Gasteiger partial charge in [-0.25, -0.2) is 9.97 Å². The lowest BCUT2D eigenvalue weighted by molar-refractivity contribution is -0.151. The average Bonchev–Trinajstić information content (AvgIpc) is 3.60. The summed E-state index contributed by atoms with van der Waals surface area (Å²) in [5.74, 6) is -0.710. The third kappa shape index (κ3) is 4.99. The number of ether oxygens (including phenoxy) is 2. The fourth-order valence-electron chi connectivity index (χ4n) is 6.39. The molecular formula is C31H35ClIN3O3SSi. The van der Waals surface area contributed by atoms with Crippen molar-refractivity contribution in [1.82, 2.24) is 14.5 Å². The molecule has 0 saturated carbocycles. The minimum Gasteiger partial charge on any atom is -0.406 e. The number of halogens is 2. The second-order valence-electron chi connectivity index (χ2n) is 12.3. The van der Waals surface area contributed by atoms with Crippen LogP contribution in [0, 0.1) is 0 Å². The summed E-state index contributed by atoms with van der Waals surface area (Å²) in [6, 6.07) is 23.6. The van der Waals surface area contributed by atoms with E-state index in [0.29, 0.717) is 11.8 Å². The molecule has 1 unspecified atom stereocenters. The summed E-state index contributed by atoms with van der Waals surface area (Å²) in [5.41, 5.74) is 0.798. The Morgan fingerprint density at radius 3 is 2.22 bits per heavy atom. The van der Waals surface area contributed by atoms with Crippen LogP contribution in [0.2, 0.25) is 10.2 Å². The Labute approximate surface area is 265 Å². The monoisotopic (exact) mass is 719 g/mol. The first-order valence-corrected chi connectivity index (χ1v) is 18.5. The molecule has 4 aromatic rings. The topological polar surface area (TPSA) is 58.4 Å². The quantitative estimate of drug-likeness (QED) is 0.0930. The number of aromatic nitrogens is 3. The standard InChI is InChI=1S/C31H35ClIN3O3SSi/c1-29(2,3)41(21-12-8-6-9-13-21,22-14-10-7-11-15-22)37-19-31(18-33)25-24(38-30(4,5)39-25)28(40-31)36-17-16-23-26(32)34-20-35-27(23)36/h6-17,20,24-25,28H,18-19H2,1-5H3/t24-,25+,28-,31?/m1/s1. The Kier molecular flexibility index (Phi) is 7.87. The molecule has 6 nitrogen and oxygen atoms in total. The minimum atomic E-state index is -2.76. The van der Waals surface area contributed by atoms with Gasteiger partial charge in [0, 0.05) is 10.6 Å². The van der Waals surface area contributed by atoms with Crippen LogP contribution in [0.25, 0.3) is 11.0 Å². The molecule has 2 aromatic heterocycles. The van der Waals surface area contributed by atoms with Crippen LogP contribution in [0.4, 0.5) is 0 Å². The van der Waals surface area contributed by atoms with Gasteiger partial charge in [-0.1, -0.05) is 116 Å². The first kappa shape index (κ1) is 29.6. The van der Waals surface area contributed by atoms with Crippen LogP contribution in [-0.2, 0) is 13.9 Å². The van der Waals surface area contributed by atoms with Gasteiger partial charge in [0.1, 0.15) is 34.7 Å². The van der Waals surface area contributed by atoms with Crippen molar-refractivity contribution >= 4 is 75.7 Å². The van der Waals surface area contributed by atoms with E-state index in [1.807, 2.05) is 37.9 Å². The van der Waals surface area contributed by atoms with Gasteiger partial charge in [0.2, 0.25) is 0 Å². The molecule has 2 aliphatic heterocycles. The molecule has 2 aromatic carbocycles. The zero-order valence-corrected chi connectivity index (χ0v) is 28.6. The Bertz CT molecular complexity index is 1490.